The highest BCUT2D eigenvalue weighted by molar-refractivity contribution is 6.09. The molecule has 23 heavy (non-hydrogen) atoms. The minimum absolute atomic E-state index is 0.0183. The number of para-hydroxylation sites is 2. The van der Waals surface area contributed by atoms with Gasteiger partial charge >= 0.3 is 0 Å². The molecule has 0 aliphatic heterocycles. The van der Waals surface area contributed by atoms with Crippen molar-refractivity contribution in [3.63, 3.8) is 0 Å². The standard InChI is InChI=1S/C18H18N2O3/c1-13(14-11-12-14)19(15-7-3-2-4-8-15)18(21)16-9-5-6-10-17(16)20(22)23/h2-10,13-14H,11-12H2,1H3/t13-/m1/s1. The van der Waals surface area contributed by atoms with Crippen LogP contribution in [0.4, 0.5) is 11.4 Å². The molecule has 2 aromatic carbocycles. The van der Waals surface area contributed by atoms with Gasteiger partial charge in [-0.1, -0.05) is 30.3 Å². The van der Waals surface area contributed by atoms with Gasteiger partial charge in [-0.15, -0.1) is 0 Å². The molecule has 5 heteroatoms. The fraction of sp³-hybridized carbons (Fsp3) is 0.278. The van der Waals surface area contributed by atoms with Crippen molar-refractivity contribution < 1.29 is 9.72 Å². The Labute approximate surface area is 134 Å². The molecular weight excluding hydrogens is 292 g/mol. The van der Waals surface area contributed by atoms with E-state index in [-0.39, 0.29) is 23.2 Å². The van der Waals surface area contributed by atoms with Gasteiger partial charge in [0.05, 0.1) is 4.92 Å². The summed E-state index contributed by atoms with van der Waals surface area (Å²) in [6.45, 7) is 2.01. The van der Waals surface area contributed by atoms with Gasteiger partial charge in [-0.25, -0.2) is 0 Å². The van der Waals surface area contributed by atoms with Gasteiger partial charge in [0.2, 0.25) is 0 Å². The first kappa shape index (κ1) is 15.2. The van der Waals surface area contributed by atoms with E-state index in [0.29, 0.717) is 5.92 Å². The number of nitro benzene ring substituents is 1. The predicted molar refractivity (Wildman–Crippen MR) is 88.5 cm³/mol. The molecule has 2 aromatic rings. The number of nitrogens with zero attached hydrogens (tertiary/aromatic N) is 2. The van der Waals surface area contributed by atoms with E-state index in [0.717, 1.165) is 18.5 Å². The molecule has 0 spiro atoms. The molecule has 1 saturated carbocycles. The molecule has 1 aliphatic carbocycles. The second-order valence-corrected chi connectivity index (χ2v) is 5.86. The van der Waals surface area contributed by atoms with Crippen molar-refractivity contribution in [1.82, 2.24) is 0 Å². The monoisotopic (exact) mass is 310 g/mol. The van der Waals surface area contributed by atoms with Crippen molar-refractivity contribution in [1.29, 1.82) is 0 Å². The molecule has 1 aliphatic rings. The van der Waals surface area contributed by atoms with Gasteiger partial charge in [-0.2, -0.15) is 0 Å². The molecule has 0 aromatic heterocycles. The van der Waals surface area contributed by atoms with Gasteiger partial charge in [0.1, 0.15) is 5.56 Å². The zero-order valence-electron chi connectivity index (χ0n) is 12.9. The highest BCUT2D eigenvalue weighted by Gasteiger charge is 2.37. The van der Waals surface area contributed by atoms with E-state index >= 15 is 0 Å². The van der Waals surface area contributed by atoms with Crippen LogP contribution in [0.3, 0.4) is 0 Å². The van der Waals surface area contributed by atoms with Crippen molar-refractivity contribution in [3.8, 4) is 0 Å². The topological polar surface area (TPSA) is 63.5 Å². The maximum Gasteiger partial charge on any atom is 0.282 e. The van der Waals surface area contributed by atoms with Crippen LogP contribution in [0, 0.1) is 16.0 Å². The van der Waals surface area contributed by atoms with Crippen LogP contribution in [0.15, 0.2) is 54.6 Å². The lowest BCUT2D eigenvalue weighted by Gasteiger charge is -2.29. The number of nitro groups is 1. The molecular formula is C18H18N2O3. The van der Waals surface area contributed by atoms with Gasteiger partial charge < -0.3 is 4.90 Å². The maximum atomic E-state index is 13.1. The number of rotatable bonds is 5. The van der Waals surface area contributed by atoms with E-state index < -0.39 is 4.92 Å². The fourth-order valence-corrected chi connectivity index (χ4v) is 2.86. The van der Waals surface area contributed by atoms with Gasteiger partial charge in [-0.3, -0.25) is 14.9 Å². The Morgan fingerprint density at radius 2 is 1.74 bits per heavy atom. The third kappa shape index (κ3) is 3.08. The Kier molecular flexibility index (Phi) is 4.10. The van der Waals surface area contributed by atoms with Gasteiger partial charge in [0.15, 0.2) is 0 Å². The first-order valence-corrected chi connectivity index (χ1v) is 7.71. The largest absolute Gasteiger partial charge is 0.305 e. The molecule has 0 bridgehead atoms. The number of carbonyl (C=O) groups excluding carboxylic acids is 1. The van der Waals surface area contributed by atoms with Crippen molar-refractivity contribution in [2.45, 2.75) is 25.8 Å². The van der Waals surface area contributed by atoms with Gasteiger partial charge in [0.25, 0.3) is 11.6 Å². The van der Waals surface area contributed by atoms with Crippen molar-refractivity contribution >= 4 is 17.3 Å². The molecule has 0 saturated heterocycles. The molecule has 0 unspecified atom stereocenters. The average Bonchev–Trinajstić information content (AvgIpc) is 3.41. The van der Waals surface area contributed by atoms with Crippen molar-refractivity contribution in [2.75, 3.05) is 4.90 Å². The molecule has 1 fully saturated rings. The normalized spacial score (nSPS) is 15.0. The molecule has 0 radical (unpaired) electrons. The fourth-order valence-electron chi connectivity index (χ4n) is 2.86. The Morgan fingerprint density at radius 1 is 1.13 bits per heavy atom. The van der Waals surface area contributed by atoms with Crippen LogP contribution in [0.2, 0.25) is 0 Å². The van der Waals surface area contributed by atoms with Crippen LogP contribution < -0.4 is 4.90 Å². The summed E-state index contributed by atoms with van der Waals surface area (Å²) in [5.41, 5.74) is 0.755. The predicted octanol–water partition coefficient (Wildman–Crippen LogP) is 4.04. The SMILES string of the molecule is C[C@H](C1CC1)N(C(=O)c1ccccc1[N+](=O)[O-])c1ccccc1. The minimum Gasteiger partial charge on any atom is -0.305 e. The molecule has 0 N–H and O–H groups in total. The molecule has 5 nitrogen and oxygen atoms in total. The van der Waals surface area contributed by atoms with E-state index in [1.807, 2.05) is 37.3 Å². The van der Waals surface area contributed by atoms with Crippen molar-refractivity contribution in [3.05, 3.63) is 70.3 Å². The lowest BCUT2D eigenvalue weighted by Crippen LogP contribution is -2.40. The highest BCUT2D eigenvalue weighted by atomic mass is 16.6. The second-order valence-electron chi connectivity index (χ2n) is 5.86. The summed E-state index contributed by atoms with van der Waals surface area (Å²) < 4.78 is 0. The number of anilines is 1. The van der Waals surface area contributed by atoms with Gasteiger partial charge in [-0.05, 0) is 43.9 Å². The summed E-state index contributed by atoms with van der Waals surface area (Å²) in [6.07, 6.45) is 2.18. The molecule has 118 valence electrons. The van der Waals surface area contributed by atoms with Gasteiger partial charge in [0, 0.05) is 17.8 Å². The van der Waals surface area contributed by atoms with Crippen LogP contribution in [-0.2, 0) is 0 Å². The van der Waals surface area contributed by atoms with Crippen LogP contribution in [0.5, 0.6) is 0 Å². The van der Waals surface area contributed by atoms with E-state index in [4.69, 9.17) is 0 Å². The van der Waals surface area contributed by atoms with E-state index in [9.17, 15) is 14.9 Å². The van der Waals surface area contributed by atoms with E-state index in [2.05, 4.69) is 0 Å². The smallest absolute Gasteiger partial charge is 0.282 e. The molecule has 3 rings (SSSR count). The zero-order valence-corrected chi connectivity index (χ0v) is 12.9. The summed E-state index contributed by atoms with van der Waals surface area (Å²) in [6, 6.07) is 15.5. The van der Waals surface area contributed by atoms with Crippen molar-refractivity contribution in [2.24, 2.45) is 5.92 Å². The first-order valence-electron chi connectivity index (χ1n) is 7.71. The summed E-state index contributed by atoms with van der Waals surface area (Å²) in [5, 5.41) is 11.2. The Hall–Kier alpha value is -2.69. The summed E-state index contributed by atoms with van der Waals surface area (Å²) >= 11 is 0. The van der Waals surface area contributed by atoms with Crippen LogP contribution in [0.1, 0.15) is 30.1 Å². The quantitative estimate of drug-likeness (QED) is 0.618. The second kappa shape index (κ2) is 6.20. The number of hydrogen-bond donors (Lipinski definition) is 0. The third-order valence-corrected chi connectivity index (χ3v) is 4.30. The van der Waals surface area contributed by atoms with Crippen LogP contribution >= 0.6 is 0 Å². The van der Waals surface area contributed by atoms with Crippen LogP contribution in [-0.4, -0.2) is 16.9 Å². The Bertz CT molecular complexity index is 726. The number of carbonyl (C=O) groups is 1. The highest BCUT2D eigenvalue weighted by Crippen LogP contribution is 2.38. The first-order chi connectivity index (χ1) is 11.1. The zero-order chi connectivity index (χ0) is 16.4. The Balaban J connectivity index is 2.03. The third-order valence-electron chi connectivity index (χ3n) is 4.30. The molecule has 1 amide bonds. The number of amides is 1. The lowest BCUT2D eigenvalue weighted by molar-refractivity contribution is -0.385. The number of benzene rings is 2. The molecule has 0 heterocycles. The minimum atomic E-state index is -0.502. The summed E-state index contributed by atoms with van der Waals surface area (Å²) in [7, 11) is 0. The average molecular weight is 310 g/mol. The van der Waals surface area contributed by atoms with E-state index in [1.165, 1.54) is 12.1 Å². The van der Waals surface area contributed by atoms with E-state index in [1.54, 1.807) is 17.0 Å². The maximum absolute atomic E-state index is 13.1. The number of hydrogen-bond acceptors (Lipinski definition) is 3. The summed E-state index contributed by atoms with van der Waals surface area (Å²) in [4.78, 5) is 25.5. The Morgan fingerprint density at radius 3 is 2.35 bits per heavy atom. The van der Waals surface area contributed by atoms with Crippen LogP contribution in [0.25, 0.3) is 0 Å². The molecule has 1 atom stereocenters. The summed E-state index contributed by atoms with van der Waals surface area (Å²) in [5.74, 6) is 0.143. The lowest BCUT2D eigenvalue weighted by atomic mass is 10.1.